The average molecular weight is 224 g/mol. The minimum absolute atomic E-state index is 0.0237. The van der Waals surface area contributed by atoms with E-state index in [0.29, 0.717) is 18.3 Å². The minimum atomic E-state index is -1.04. The summed E-state index contributed by atoms with van der Waals surface area (Å²) in [6, 6.07) is 0. The van der Waals surface area contributed by atoms with E-state index in [1.807, 2.05) is 0 Å². The molecule has 0 spiro atoms. The zero-order valence-corrected chi connectivity index (χ0v) is 10.9. The van der Waals surface area contributed by atoms with Crippen molar-refractivity contribution >= 4 is 5.78 Å². The van der Waals surface area contributed by atoms with E-state index in [0.717, 1.165) is 12.8 Å². The van der Waals surface area contributed by atoms with Crippen molar-refractivity contribution in [3.8, 4) is 0 Å². The first kappa shape index (κ1) is 12.1. The molecule has 2 fully saturated rings. The van der Waals surface area contributed by atoms with Crippen LogP contribution in [0, 0.1) is 23.2 Å². The summed E-state index contributed by atoms with van der Waals surface area (Å²) in [5.74, 6) is 1.39. The van der Waals surface area contributed by atoms with Crippen molar-refractivity contribution in [1.82, 2.24) is 0 Å². The van der Waals surface area contributed by atoms with Crippen LogP contribution in [0.25, 0.3) is 0 Å². The van der Waals surface area contributed by atoms with E-state index >= 15 is 0 Å². The summed E-state index contributed by atoms with van der Waals surface area (Å²) in [5, 5.41) is 10.7. The van der Waals surface area contributed by atoms with Gasteiger partial charge in [0.05, 0.1) is 0 Å². The normalized spacial score (nSPS) is 46.4. The fourth-order valence-electron chi connectivity index (χ4n) is 4.16. The number of hydrogen-bond acceptors (Lipinski definition) is 2. The number of hydrogen-bond donors (Lipinski definition) is 1. The molecule has 0 radical (unpaired) electrons. The van der Waals surface area contributed by atoms with Crippen LogP contribution in [-0.4, -0.2) is 16.5 Å². The lowest BCUT2D eigenvalue weighted by molar-refractivity contribution is -0.157. The summed E-state index contributed by atoms with van der Waals surface area (Å²) in [6.45, 7) is 8.19. The van der Waals surface area contributed by atoms with Gasteiger partial charge in [-0.2, -0.15) is 0 Å². The number of Topliss-reactive ketones (excluding diaryl/α,β-unsaturated/α-hetero) is 1. The highest BCUT2D eigenvalue weighted by Gasteiger charge is 2.56. The third-order valence-electron chi connectivity index (χ3n) is 4.94. The highest BCUT2D eigenvalue weighted by atomic mass is 16.3. The Kier molecular flexibility index (Phi) is 2.69. The molecule has 0 aliphatic heterocycles. The molecule has 0 heterocycles. The monoisotopic (exact) mass is 224 g/mol. The second-order valence-corrected chi connectivity index (χ2v) is 6.85. The van der Waals surface area contributed by atoms with Crippen molar-refractivity contribution in [2.45, 2.75) is 59.0 Å². The zero-order chi connectivity index (χ0) is 12.1. The lowest BCUT2D eigenvalue weighted by Crippen LogP contribution is -2.53. The van der Waals surface area contributed by atoms with Gasteiger partial charge in [-0.05, 0) is 49.4 Å². The van der Waals surface area contributed by atoms with Gasteiger partial charge in [-0.25, -0.2) is 0 Å². The van der Waals surface area contributed by atoms with Gasteiger partial charge in [0.2, 0.25) is 0 Å². The predicted molar refractivity (Wildman–Crippen MR) is 64.0 cm³/mol. The molecule has 0 aromatic carbocycles. The van der Waals surface area contributed by atoms with E-state index < -0.39 is 5.60 Å². The Balaban J connectivity index is 2.35. The molecule has 0 aromatic rings. The molecule has 1 N–H and O–H groups in total. The Labute approximate surface area is 98.4 Å². The molecule has 4 atom stereocenters. The fourth-order valence-corrected chi connectivity index (χ4v) is 4.16. The van der Waals surface area contributed by atoms with Gasteiger partial charge in [-0.3, -0.25) is 4.79 Å². The Morgan fingerprint density at radius 3 is 2.50 bits per heavy atom. The maximum atomic E-state index is 11.8. The van der Waals surface area contributed by atoms with Crippen molar-refractivity contribution in [1.29, 1.82) is 0 Å². The van der Waals surface area contributed by atoms with Crippen LogP contribution in [0.4, 0.5) is 0 Å². The van der Waals surface area contributed by atoms with E-state index in [4.69, 9.17) is 0 Å². The fraction of sp³-hybridized carbons (Fsp3) is 0.929. The van der Waals surface area contributed by atoms with Crippen LogP contribution in [0.15, 0.2) is 0 Å². The van der Waals surface area contributed by atoms with Gasteiger partial charge in [0.25, 0.3) is 0 Å². The molecular weight excluding hydrogens is 200 g/mol. The molecule has 0 saturated heterocycles. The number of rotatable bonds is 1. The number of aliphatic hydroxyl groups is 1. The Hall–Kier alpha value is -0.370. The first-order chi connectivity index (χ1) is 7.26. The van der Waals surface area contributed by atoms with Gasteiger partial charge in [0, 0.05) is 0 Å². The lowest BCUT2D eigenvalue weighted by Gasteiger charge is -2.48. The van der Waals surface area contributed by atoms with Crippen LogP contribution in [0.3, 0.4) is 0 Å². The Bertz CT molecular complexity index is 308. The van der Waals surface area contributed by atoms with Crippen LogP contribution in [0.1, 0.15) is 53.4 Å². The first-order valence-electron chi connectivity index (χ1n) is 6.50. The van der Waals surface area contributed by atoms with E-state index in [-0.39, 0.29) is 17.1 Å². The highest BCUT2D eigenvalue weighted by molar-refractivity contribution is 5.85. The first-order valence-corrected chi connectivity index (χ1v) is 6.50. The summed E-state index contributed by atoms with van der Waals surface area (Å²) in [5.41, 5.74) is -0.947. The number of fused-ring (bicyclic) bond motifs is 1. The van der Waals surface area contributed by atoms with E-state index in [1.54, 1.807) is 6.92 Å². The van der Waals surface area contributed by atoms with Gasteiger partial charge in [-0.1, -0.05) is 27.2 Å². The molecule has 0 aromatic heterocycles. The molecule has 16 heavy (non-hydrogen) atoms. The minimum Gasteiger partial charge on any atom is -0.382 e. The lowest BCUT2D eigenvalue weighted by atomic mass is 9.58. The summed E-state index contributed by atoms with van der Waals surface area (Å²) in [7, 11) is 0. The molecule has 2 heteroatoms. The van der Waals surface area contributed by atoms with Crippen molar-refractivity contribution in [2.75, 3.05) is 0 Å². The number of ketones is 1. The molecule has 92 valence electrons. The topological polar surface area (TPSA) is 37.3 Å². The van der Waals surface area contributed by atoms with Gasteiger partial charge >= 0.3 is 0 Å². The molecule has 2 nitrogen and oxygen atoms in total. The molecule has 0 unspecified atom stereocenters. The van der Waals surface area contributed by atoms with Crippen LogP contribution in [0.2, 0.25) is 0 Å². The SMILES string of the molecule is CC(=O)[C@@]1(O)CC(C)(C)C[C@H]2[C@H](C)CC[C@H]21. The number of carbonyl (C=O) groups excluding carboxylic acids is 1. The predicted octanol–water partition coefficient (Wildman–Crippen LogP) is 2.79. The van der Waals surface area contributed by atoms with E-state index in [1.165, 1.54) is 6.42 Å². The molecule has 2 rings (SSSR count). The van der Waals surface area contributed by atoms with Crippen LogP contribution in [-0.2, 0) is 4.79 Å². The summed E-state index contributed by atoms with van der Waals surface area (Å²) in [4.78, 5) is 11.8. The summed E-state index contributed by atoms with van der Waals surface area (Å²) in [6.07, 6.45) is 4.00. The molecule has 2 saturated carbocycles. The average Bonchev–Trinajstić information content (AvgIpc) is 2.46. The quantitative estimate of drug-likeness (QED) is 0.743. The van der Waals surface area contributed by atoms with Gasteiger partial charge in [0.15, 0.2) is 5.78 Å². The largest absolute Gasteiger partial charge is 0.382 e. The van der Waals surface area contributed by atoms with Crippen LogP contribution < -0.4 is 0 Å². The molecule has 0 amide bonds. The maximum Gasteiger partial charge on any atom is 0.161 e. The molecule has 2 aliphatic carbocycles. The number of carbonyl (C=O) groups is 1. The second-order valence-electron chi connectivity index (χ2n) is 6.85. The molecular formula is C14H24O2. The van der Waals surface area contributed by atoms with Gasteiger partial charge < -0.3 is 5.11 Å². The third-order valence-corrected chi connectivity index (χ3v) is 4.94. The van der Waals surface area contributed by atoms with E-state index in [2.05, 4.69) is 20.8 Å². The van der Waals surface area contributed by atoms with E-state index in [9.17, 15) is 9.90 Å². The Morgan fingerprint density at radius 2 is 1.94 bits per heavy atom. The van der Waals surface area contributed by atoms with Crippen molar-refractivity contribution in [2.24, 2.45) is 23.2 Å². The standard InChI is InChI=1S/C14H24O2/c1-9-5-6-12-11(9)7-13(3,4)8-14(12,16)10(2)15/h9,11-12,16H,5-8H2,1-4H3/t9-,11+,12-,14+/m1/s1. The smallest absolute Gasteiger partial charge is 0.161 e. The summed E-state index contributed by atoms with van der Waals surface area (Å²) >= 11 is 0. The van der Waals surface area contributed by atoms with Gasteiger partial charge in [-0.15, -0.1) is 0 Å². The molecule has 0 bridgehead atoms. The zero-order valence-electron chi connectivity index (χ0n) is 10.9. The van der Waals surface area contributed by atoms with Crippen LogP contribution in [0.5, 0.6) is 0 Å². The summed E-state index contributed by atoms with van der Waals surface area (Å²) < 4.78 is 0. The highest BCUT2D eigenvalue weighted by Crippen LogP contribution is 2.56. The third kappa shape index (κ3) is 1.71. The van der Waals surface area contributed by atoms with Crippen molar-refractivity contribution in [3.63, 3.8) is 0 Å². The molecule has 2 aliphatic rings. The van der Waals surface area contributed by atoms with Crippen molar-refractivity contribution in [3.05, 3.63) is 0 Å². The Morgan fingerprint density at radius 1 is 1.31 bits per heavy atom. The van der Waals surface area contributed by atoms with Gasteiger partial charge in [0.1, 0.15) is 5.60 Å². The second kappa shape index (κ2) is 3.56. The van der Waals surface area contributed by atoms with Crippen LogP contribution >= 0.6 is 0 Å². The van der Waals surface area contributed by atoms with Crippen molar-refractivity contribution < 1.29 is 9.90 Å². The maximum absolute atomic E-state index is 11.8.